The maximum Gasteiger partial charge on any atom is 0.252 e. The van der Waals surface area contributed by atoms with Gasteiger partial charge in [-0.3, -0.25) is 4.79 Å². The molecule has 1 aromatic heterocycles. The lowest BCUT2D eigenvalue weighted by Gasteiger charge is -2.37. The Morgan fingerprint density at radius 3 is 2.11 bits per heavy atom. The van der Waals surface area contributed by atoms with Crippen molar-refractivity contribution in [2.75, 3.05) is 44.2 Å². The molecule has 10 heteroatoms. The van der Waals surface area contributed by atoms with Crippen LogP contribution in [0.2, 0.25) is 9.36 Å². The molecule has 35 heavy (non-hydrogen) atoms. The summed E-state index contributed by atoms with van der Waals surface area (Å²) in [6.07, 6.45) is 0. The van der Waals surface area contributed by atoms with Crippen LogP contribution in [-0.4, -0.2) is 62.8 Å². The fourth-order valence-corrected chi connectivity index (χ4v) is 8.42. The van der Waals surface area contributed by atoms with Crippen LogP contribution in [-0.2, 0) is 14.8 Å². The molecule has 2 fully saturated rings. The van der Waals surface area contributed by atoms with Crippen LogP contribution in [0.15, 0.2) is 70.9 Å². The van der Waals surface area contributed by atoms with Gasteiger partial charge in [0.25, 0.3) is 10.0 Å². The topological polar surface area (TPSA) is 60.9 Å². The summed E-state index contributed by atoms with van der Waals surface area (Å²) >= 11 is 13.0. The number of amides is 1. The summed E-state index contributed by atoms with van der Waals surface area (Å²) in [5, 5.41) is 0.220. The van der Waals surface area contributed by atoms with E-state index >= 15 is 0 Å². The third-order valence-corrected chi connectivity index (χ3v) is 10.9. The molecule has 2 aromatic carbocycles. The third kappa shape index (κ3) is 4.95. The van der Waals surface area contributed by atoms with Crippen molar-refractivity contribution in [1.29, 1.82) is 0 Å². The van der Waals surface area contributed by atoms with E-state index in [4.69, 9.17) is 23.2 Å². The Hall–Kier alpha value is -2.10. The zero-order chi connectivity index (χ0) is 24.6. The lowest BCUT2D eigenvalue weighted by Crippen LogP contribution is -2.51. The van der Waals surface area contributed by atoms with Gasteiger partial charge in [-0.05, 0) is 23.8 Å². The van der Waals surface area contributed by atoms with Gasteiger partial charge in [-0.15, -0.1) is 11.3 Å². The molecule has 6 nitrogen and oxygen atoms in total. The quantitative estimate of drug-likeness (QED) is 0.458. The van der Waals surface area contributed by atoms with Crippen molar-refractivity contribution < 1.29 is 13.2 Å². The van der Waals surface area contributed by atoms with Crippen LogP contribution in [0.5, 0.6) is 0 Å². The maximum absolute atomic E-state index is 13.7. The summed E-state index contributed by atoms with van der Waals surface area (Å²) in [5.74, 6) is -0.676. The highest BCUT2D eigenvalue weighted by Gasteiger charge is 2.45. The minimum Gasteiger partial charge on any atom is -0.368 e. The van der Waals surface area contributed by atoms with E-state index in [1.165, 1.54) is 10.4 Å². The number of carbonyl (C=O) groups excluding carboxylic acids is 1. The monoisotopic (exact) mass is 549 g/mol. The van der Waals surface area contributed by atoms with Crippen LogP contribution in [0.1, 0.15) is 11.5 Å². The largest absolute Gasteiger partial charge is 0.368 e. The number of sulfonamides is 1. The zero-order valence-electron chi connectivity index (χ0n) is 18.9. The summed E-state index contributed by atoms with van der Waals surface area (Å²) < 4.78 is 28.6. The first-order chi connectivity index (χ1) is 16.8. The Morgan fingerprint density at radius 1 is 0.886 bits per heavy atom. The molecule has 3 aromatic rings. The van der Waals surface area contributed by atoms with Crippen LogP contribution in [0.25, 0.3) is 0 Å². The number of para-hydroxylation sites is 1. The van der Waals surface area contributed by atoms with Gasteiger partial charge in [0.15, 0.2) is 0 Å². The lowest BCUT2D eigenvalue weighted by atomic mass is 9.88. The van der Waals surface area contributed by atoms with Gasteiger partial charge in [0.2, 0.25) is 5.91 Å². The van der Waals surface area contributed by atoms with Gasteiger partial charge >= 0.3 is 0 Å². The highest BCUT2D eigenvalue weighted by atomic mass is 35.5. The Bertz CT molecular complexity index is 1270. The van der Waals surface area contributed by atoms with E-state index in [-0.39, 0.29) is 38.5 Å². The molecule has 0 saturated carbocycles. The first kappa shape index (κ1) is 24.6. The molecule has 1 amide bonds. The fraction of sp³-hybridized carbons (Fsp3) is 0.320. The van der Waals surface area contributed by atoms with Gasteiger partial charge in [0, 0.05) is 50.9 Å². The lowest BCUT2D eigenvalue weighted by molar-refractivity contribution is -0.135. The minimum atomic E-state index is -3.82. The van der Waals surface area contributed by atoms with Crippen molar-refractivity contribution in [3.05, 3.63) is 81.7 Å². The molecule has 0 N–H and O–H groups in total. The Balaban J connectivity index is 1.36. The van der Waals surface area contributed by atoms with Crippen molar-refractivity contribution in [3.8, 4) is 0 Å². The van der Waals surface area contributed by atoms with E-state index in [0.29, 0.717) is 13.1 Å². The predicted molar refractivity (Wildman–Crippen MR) is 141 cm³/mol. The highest BCUT2D eigenvalue weighted by Crippen LogP contribution is 2.40. The van der Waals surface area contributed by atoms with Gasteiger partial charge in [0.1, 0.15) is 8.55 Å². The van der Waals surface area contributed by atoms with Crippen molar-refractivity contribution in [1.82, 2.24) is 9.21 Å². The van der Waals surface area contributed by atoms with Crippen molar-refractivity contribution in [3.63, 3.8) is 0 Å². The second-order valence-corrected chi connectivity index (χ2v) is 13.0. The van der Waals surface area contributed by atoms with Crippen LogP contribution in [0.3, 0.4) is 0 Å². The second-order valence-electron chi connectivity index (χ2n) is 8.78. The standard InChI is InChI=1S/C25H25Cl2N3O3S2/c26-22-15-23(34-24(22)27)35(32,33)30-16-20(18-7-3-1-4-8-18)21(17-30)25(31)29-13-11-28(12-14-29)19-9-5-2-6-10-19/h1-10,15,20-21H,11-14,16-17H2/t20-,21+/m0/s1. The van der Waals surface area contributed by atoms with E-state index in [1.807, 2.05) is 53.4 Å². The number of benzene rings is 2. The Morgan fingerprint density at radius 2 is 1.51 bits per heavy atom. The second kappa shape index (κ2) is 10.1. The molecule has 2 atom stereocenters. The minimum absolute atomic E-state index is 0.00603. The normalized spacial score (nSPS) is 21.4. The number of anilines is 1. The van der Waals surface area contributed by atoms with Crippen molar-refractivity contribution in [2.45, 2.75) is 10.1 Å². The first-order valence-electron chi connectivity index (χ1n) is 11.4. The van der Waals surface area contributed by atoms with E-state index in [0.717, 1.165) is 35.7 Å². The average molecular weight is 551 g/mol. The van der Waals surface area contributed by atoms with Crippen molar-refractivity contribution in [2.24, 2.45) is 5.92 Å². The predicted octanol–water partition coefficient (Wildman–Crippen LogP) is 4.81. The molecule has 0 bridgehead atoms. The number of halogens is 2. The van der Waals surface area contributed by atoms with E-state index < -0.39 is 15.9 Å². The smallest absolute Gasteiger partial charge is 0.252 e. The molecule has 2 aliphatic heterocycles. The number of hydrogen-bond donors (Lipinski definition) is 0. The number of hydrogen-bond acceptors (Lipinski definition) is 5. The zero-order valence-corrected chi connectivity index (χ0v) is 22.0. The van der Waals surface area contributed by atoms with Crippen LogP contribution < -0.4 is 4.90 Å². The molecule has 2 aliphatic rings. The SMILES string of the molecule is O=C([C@@H]1CN(S(=O)(=O)c2cc(Cl)c(Cl)s2)C[C@H]1c1ccccc1)N1CCN(c2ccccc2)CC1. The van der Waals surface area contributed by atoms with Crippen LogP contribution in [0.4, 0.5) is 5.69 Å². The highest BCUT2D eigenvalue weighted by molar-refractivity contribution is 7.91. The number of thiophene rings is 1. The van der Waals surface area contributed by atoms with Gasteiger partial charge in [0.05, 0.1) is 10.9 Å². The van der Waals surface area contributed by atoms with Gasteiger partial charge in [-0.2, -0.15) is 4.31 Å². The van der Waals surface area contributed by atoms with Crippen molar-refractivity contribution >= 4 is 56.2 Å². The van der Waals surface area contributed by atoms with E-state index in [1.54, 1.807) is 0 Å². The fourth-order valence-electron chi connectivity index (χ4n) is 4.89. The third-order valence-electron chi connectivity index (χ3n) is 6.76. The summed E-state index contributed by atoms with van der Waals surface area (Å²) in [5.41, 5.74) is 2.11. The first-order valence-corrected chi connectivity index (χ1v) is 14.4. The summed E-state index contributed by atoms with van der Waals surface area (Å²) in [4.78, 5) is 17.9. The molecule has 0 unspecified atom stereocenters. The molecule has 2 saturated heterocycles. The average Bonchev–Trinajstić information content (AvgIpc) is 3.49. The summed E-state index contributed by atoms with van der Waals surface area (Å²) in [7, 11) is -3.82. The molecule has 0 radical (unpaired) electrons. The van der Waals surface area contributed by atoms with E-state index in [2.05, 4.69) is 17.0 Å². The molecule has 3 heterocycles. The maximum atomic E-state index is 13.7. The number of rotatable bonds is 5. The molecular formula is C25H25Cl2N3O3S2. The molecule has 0 spiro atoms. The Kier molecular flexibility index (Phi) is 7.10. The number of piperazine rings is 1. The van der Waals surface area contributed by atoms with Crippen LogP contribution in [0, 0.1) is 5.92 Å². The number of carbonyl (C=O) groups is 1. The Labute approximate surface area is 219 Å². The van der Waals surface area contributed by atoms with E-state index in [9.17, 15) is 13.2 Å². The van der Waals surface area contributed by atoms with Gasteiger partial charge in [-0.25, -0.2) is 8.42 Å². The summed E-state index contributed by atoms with van der Waals surface area (Å²) in [6, 6.07) is 21.2. The molecule has 184 valence electrons. The molecule has 0 aliphatic carbocycles. The molecular weight excluding hydrogens is 525 g/mol. The molecule has 5 rings (SSSR count). The summed E-state index contributed by atoms with van der Waals surface area (Å²) in [6.45, 7) is 3.06. The number of nitrogens with zero attached hydrogens (tertiary/aromatic N) is 3. The van der Waals surface area contributed by atoms with Gasteiger partial charge in [-0.1, -0.05) is 71.7 Å². The van der Waals surface area contributed by atoms with Crippen LogP contribution >= 0.6 is 34.5 Å². The van der Waals surface area contributed by atoms with Gasteiger partial charge < -0.3 is 9.80 Å².